The van der Waals surface area contributed by atoms with E-state index in [2.05, 4.69) is 28.0 Å². The molecule has 0 bridgehead atoms. The van der Waals surface area contributed by atoms with Gasteiger partial charge in [0.2, 0.25) is 0 Å². The molecular formula is C19H17BrFN5S. The van der Waals surface area contributed by atoms with Crippen LogP contribution in [-0.4, -0.2) is 26.6 Å². The number of hydrogen-bond donors (Lipinski definition) is 0. The van der Waals surface area contributed by atoms with Gasteiger partial charge in [-0.3, -0.25) is 0 Å². The molecule has 138 valence electrons. The molecule has 0 saturated carbocycles. The Balaban J connectivity index is 1.76. The van der Waals surface area contributed by atoms with Crippen molar-refractivity contribution in [2.75, 3.05) is 11.9 Å². The fourth-order valence-corrected chi connectivity index (χ4v) is 4.01. The molecular weight excluding hydrogens is 429 g/mol. The van der Waals surface area contributed by atoms with E-state index in [0.717, 1.165) is 45.7 Å². The van der Waals surface area contributed by atoms with Crippen LogP contribution in [-0.2, 0) is 11.8 Å². The second-order valence-corrected chi connectivity index (χ2v) is 7.44. The molecule has 0 aliphatic heterocycles. The van der Waals surface area contributed by atoms with E-state index in [9.17, 15) is 4.39 Å². The maximum Gasteiger partial charge on any atom is 0.191 e. The molecule has 0 spiro atoms. The molecule has 4 aromatic rings. The molecule has 0 N–H and O–H groups in total. The number of alkyl halides is 1. The summed E-state index contributed by atoms with van der Waals surface area (Å²) in [6, 6.07) is 10.3. The maximum absolute atomic E-state index is 13.2. The maximum atomic E-state index is 13.2. The Kier molecular flexibility index (Phi) is 4.92. The van der Waals surface area contributed by atoms with E-state index in [1.165, 1.54) is 23.5 Å². The molecule has 0 aliphatic carbocycles. The van der Waals surface area contributed by atoms with Crippen molar-refractivity contribution in [2.24, 2.45) is 0 Å². The predicted molar refractivity (Wildman–Crippen MR) is 111 cm³/mol. The van der Waals surface area contributed by atoms with Gasteiger partial charge in [-0.2, -0.15) is 9.61 Å². The first-order valence-electron chi connectivity index (χ1n) is 8.49. The molecule has 0 atom stereocenters. The molecule has 3 heterocycles. The Morgan fingerprint density at radius 3 is 2.63 bits per heavy atom. The topological polar surface area (TPSA) is 46.3 Å². The first-order valence-corrected chi connectivity index (χ1v) is 10.5. The van der Waals surface area contributed by atoms with Crippen LogP contribution in [0.25, 0.3) is 16.9 Å². The lowest BCUT2D eigenvalue weighted by Crippen LogP contribution is -2.14. The van der Waals surface area contributed by atoms with Crippen molar-refractivity contribution >= 4 is 43.9 Å². The number of fused-ring (bicyclic) bond motifs is 1. The van der Waals surface area contributed by atoms with Crippen LogP contribution in [0.1, 0.15) is 18.3 Å². The Morgan fingerprint density at radius 2 is 1.93 bits per heavy atom. The van der Waals surface area contributed by atoms with E-state index in [1.807, 2.05) is 34.0 Å². The minimum atomic E-state index is -0.252. The van der Waals surface area contributed by atoms with Crippen LogP contribution < -0.4 is 4.90 Å². The summed E-state index contributed by atoms with van der Waals surface area (Å²) in [5.41, 5.74) is 4.43. The summed E-state index contributed by atoms with van der Waals surface area (Å²) in [7, 11) is 1.97. The van der Waals surface area contributed by atoms with Crippen LogP contribution in [0.3, 0.4) is 0 Å². The number of nitrogens with zero attached hydrogens (tertiary/aromatic N) is 5. The average Bonchev–Trinajstić information content (AvgIpc) is 3.32. The van der Waals surface area contributed by atoms with Crippen LogP contribution >= 0.6 is 27.3 Å². The van der Waals surface area contributed by atoms with E-state index in [0.29, 0.717) is 5.33 Å². The number of rotatable bonds is 5. The average molecular weight is 446 g/mol. The van der Waals surface area contributed by atoms with Crippen LogP contribution in [0.4, 0.5) is 15.3 Å². The summed E-state index contributed by atoms with van der Waals surface area (Å²) in [4.78, 5) is 11.5. The molecule has 5 nitrogen and oxygen atoms in total. The first-order chi connectivity index (χ1) is 13.1. The zero-order chi connectivity index (χ0) is 19.0. The lowest BCUT2D eigenvalue weighted by molar-refractivity contribution is 0.628. The molecule has 0 aliphatic rings. The van der Waals surface area contributed by atoms with E-state index >= 15 is 0 Å². The van der Waals surface area contributed by atoms with Gasteiger partial charge < -0.3 is 4.90 Å². The second-order valence-electron chi connectivity index (χ2n) is 6.05. The van der Waals surface area contributed by atoms with Crippen LogP contribution in [0.15, 0.2) is 41.8 Å². The highest BCUT2D eigenvalue weighted by Crippen LogP contribution is 2.33. The Labute approximate surface area is 168 Å². The van der Waals surface area contributed by atoms with E-state index in [1.54, 1.807) is 12.1 Å². The number of anilines is 2. The van der Waals surface area contributed by atoms with Crippen molar-refractivity contribution in [3.8, 4) is 11.3 Å². The van der Waals surface area contributed by atoms with Crippen molar-refractivity contribution in [3.05, 3.63) is 59.0 Å². The summed E-state index contributed by atoms with van der Waals surface area (Å²) >= 11 is 5.00. The largest absolute Gasteiger partial charge is 0.304 e. The fourth-order valence-electron chi connectivity index (χ4n) is 2.91. The number of halogens is 2. The Morgan fingerprint density at radius 1 is 1.15 bits per heavy atom. The molecule has 8 heteroatoms. The molecule has 27 heavy (non-hydrogen) atoms. The van der Waals surface area contributed by atoms with Crippen molar-refractivity contribution in [2.45, 2.75) is 18.7 Å². The molecule has 0 fully saturated rings. The minimum absolute atomic E-state index is 0.252. The molecule has 0 unspecified atom stereocenters. The number of aromatic nitrogens is 4. The normalized spacial score (nSPS) is 11.3. The highest BCUT2D eigenvalue weighted by Gasteiger charge is 2.20. The van der Waals surface area contributed by atoms with Gasteiger partial charge in [0.1, 0.15) is 5.82 Å². The van der Waals surface area contributed by atoms with Gasteiger partial charge in [0.05, 0.1) is 17.1 Å². The van der Waals surface area contributed by atoms with Gasteiger partial charge in [-0.1, -0.05) is 22.9 Å². The van der Waals surface area contributed by atoms with Gasteiger partial charge in [-0.25, -0.2) is 14.4 Å². The summed E-state index contributed by atoms with van der Waals surface area (Å²) in [6.07, 6.45) is 0.795. The number of imidazole rings is 1. The summed E-state index contributed by atoms with van der Waals surface area (Å²) in [6.45, 7) is 2.08. The van der Waals surface area contributed by atoms with Crippen LogP contribution in [0.5, 0.6) is 0 Å². The number of hydrogen-bond acceptors (Lipinski definition) is 5. The minimum Gasteiger partial charge on any atom is -0.304 e. The first kappa shape index (κ1) is 18.1. The molecule has 0 amide bonds. The Hall–Kier alpha value is -2.32. The summed E-state index contributed by atoms with van der Waals surface area (Å²) in [5, 5.41) is 8.17. The highest BCUT2D eigenvalue weighted by atomic mass is 79.9. The van der Waals surface area contributed by atoms with Gasteiger partial charge in [-0.15, -0.1) is 11.3 Å². The third-order valence-electron chi connectivity index (χ3n) is 4.29. The highest BCUT2D eigenvalue weighted by molar-refractivity contribution is 9.08. The zero-order valence-electron chi connectivity index (χ0n) is 14.9. The SMILES string of the molecule is CCc1nc2ccc(CBr)nn2c1N(C)c1nc(-c2ccc(F)cc2)cs1. The van der Waals surface area contributed by atoms with Gasteiger partial charge in [0, 0.05) is 23.3 Å². The van der Waals surface area contributed by atoms with E-state index in [-0.39, 0.29) is 5.82 Å². The molecule has 3 aromatic heterocycles. The van der Waals surface area contributed by atoms with Gasteiger partial charge in [0.15, 0.2) is 16.6 Å². The van der Waals surface area contributed by atoms with Crippen molar-refractivity contribution in [3.63, 3.8) is 0 Å². The van der Waals surface area contributed by atoms with E-state index < -0.39 is 0 Å². The van der Waals surface area contributed by atoms with Gasteiger partial charge in [-0.05, 0) is 42.8 Å². The molecule has 1 aromatic carbocycles. The number of benzene rings is 1. The van der Waals surface area contributed by atoms with Crippen LogP contribution in [0, 0.1) is 5.82 Å². The predicted octanol–water partition coefficient (Wildman–Crippen LogP) is 5.22. The van der Waals surface area contributed by atoms with Crippen molar-refractivity contribution in [1.29, 1.82) is 0 Å². The van der Waals surface area contributed by atoms with E-state index in [4.69, 9.17) is 9.97 Å². The standard InChI is InChI=1S/C19H17BrFN5S/c1-3-15-18(26-17(22-15)9-8-14(10-20)24-26)25(2)19-23-16(11-27-19)12-4-6-13(21)7-5-12/h4-9,11H,3,10H2,1-2H3. The third kappa shape index (κ3) is 3.35. The lowest BCUT2D eigenvalue weighted by Gasteiger charge is -2.16. The van der Waals surface area contributed by atoms with Crippen LogP contribution in [0.2, 0.25) is 0 Å². The lowest BCUT2D eigenvalue weighted by atomic mass is 10.2. The molecule has 0 saturated heterocycles. The number of thiazole rings is 1. The van der Waals surface area contributed by atoms with Crippen molar-refractivity contribution < 1.29 is 4.39 Å². The van der Waals surface area contributed by atoms with Gasteiger partial charge in [0.25, 0.3) is 0 Å². The number of aryl methyl sites for hydroxylation is 1. The Bertz CT molecular complexity index is 1090. The monoisotopic (exact) mass is 445 g/mol. The molecule has 0 radical (unpaired) electrons. The fraction of sp³-hybridized carbons (Fsp3) is 0.211. The summed E-state index contributed by atoms with van der Waals surface area (Å²) < 4.78 is 15.0. The summed E-state index contributed by atoms with van der Waals surface area (Å²) in [5.74, 6) is 0.661. The molecule has 4 rings (SSSR count). The van der Waals surface area contributed by atoms with Gasteiger partial charge >= 0.3 is 0 Å². The quantitative estimate of drug-likeness (QED) is 0.395. The smallest absolute Gasteiger partial charge is 0.191 e. The third-order valence-corrected chi connectivity index (χ3v) is 5.78. The second kappa shape index (κ2) is 7.36. The van der Waals surface area contributed by atoms with Crippen molar-refractivity contribution in [1.82, 2.24) is 19.6 Å². The zero-order valence-corrected chi connectivity index (χ0v) is 17.3.